The number of rotatable bonds is 5. The highest BCUT2D eigenvalue weighted by Gasteiger charge is 2.31. The molecule has 19 heavy (non-hydrogen) atoms. The third-order valence-electron chi connectivity index (χ3n) is 3.11. The fourth-order valence-electron chi connectivity index (χ4n) is 2.20. The number of nitrogens with zero attached hydrogens (tertiary/aromatic N) is 3. The minimum absolute atomic E-state index is 0.273. The van der Waals surface area contributed by atoms with E-state index in [-0.39, 0.29) is 11.9 Å². The van der Waals surface area contributed by atoms with Crippen LogP contribution in [0.3, 0.4) is 0 Å². The first-order chi connectivity index (χ1) is 9.13. The second-order valence-electron chi connectivity index (χ2n) is 4.55. The molecule has 0 radical (unpaired) electrons. The van der Waals surface area contributed by atoms with Crippen molar-refractivity contribution in [1.29, 1.82) is 0 Å². The third kappa shape index (κ3) is 3.15. The SMILES string of the molecule is CCCNc1ncc(Br)c(N2CCCC2C(N)=O)n1. The summed E-state index contributed by atoms with van der Waals surface area (Å²) in [5.74, 6) is 1.01. The molecule has 7 heteroatoms. The molecule has 1 amide bonds. The Bertz CT molecular complexity index is 467. The van der Waals surface area contributed by atoms with Crippen molar-refractivity contribution in [3.05, 3.63) is 10.7 Å². The van der Waals surface area contributed by atoms with Gasteiger partial charge in [0.15, 0.2) is 0 Å². The van der Waals surface area contributed by atoms with Crippen LogP contribution in [0.1, 0.15) is 26.2 Å². The Hall–Kier alpha value is -1.37. The van der Waals surface area contributed by atoms with E-state index in [0.29, 0.717) is 5.95 Å². The summed E-state index contributed by atoms with van der Waals surface area (Å²) in [4.78, 5) is 22.1. The summed E-state index contributed by atoms with van der Waals surface area (Å²) < 4.78 is 0.780. The molecule has 1 fully saturated rings. The maximum atomic E-state index is 11.5. The molecule has 104 valence electrons. The highest BCUT2D eigenvalue weighted by atomic mass is 79.9. The molecule has 1 aliphatic heterocycles. The first kappa shape index (κ1) is 14.0. The molecule has 1 aromatic rings. The first-order valence-corrected chi connectivity index (χ1v) is 7.25. The number of nitrogens with one attached hydrogen (secondary N) is 1. The molecule has 6 nitrogen and oxygen atoms in total. The van der Waals surface area contributed by atoms with Gasteiger partial charge in [-0.1, -0.05) is 6.92 Å². The Balaban J connectivity index is 2.24. The maximum Gasteiger partial charge on any atom is 0.240 e. The number of carbonyl (C=O) groups is 1. The van der Waals surface area contributed by atoms with Gasteiger partial charge >= 0.3 is 0 Å². The Kier molecular flexibility index (Phi) is 4.57. The minimum Gasteiger partial charge on any atom is -0.368 e. The van der Waals surface area contributed by atoms with E-state index in [1.807, 2.05) is 4.90 Å². The molecule has 1 unspecified atom stereocenters. The zero-order valence-corrected chi connectivity index (χ0v) is 12.5. The lowest BCUT2D eigenvalue weighted by Gasteiger charge is -2.24. The van der Waals surface area contributed by atoms with Crippen LogP contribution in [0.15, 0.2) is 10.7 Å². The van der Waals surface area contributed by atoms with Crippen LogP contribution in [0.2, 0.25) is 0 Å². The van der Waals surface area contributed by atoms with Crippen molar-refractivity contribution in [2.45, 2.75) is 32.2 Å². The predicted molar refractivity (Wildman–Crippen MR) is 78.1 cm³/mol. The van der Waals surface area contributed by atoms with Gasteiger partial charge in [-0.25, -0.2) is 4.98 Å². The Morgan fingerprint density at radius 1 is 1.68 bits per heavy atom. The largest absolute Gasteiger partial charge is 0.368 e. The maximum absolute atomic E-state index is 11.5. The van der Waals surface area contributed by atoms with Crippen molar-refractivity contribution in [3.63, 3.8) is 0 Å². The number of aromatic nitrogens is 2. The van der Waals surface area contributed by atoms with E-state index in [1.54, 1.807) is 6.20 Å². The fourth-order valence-corrected chi connectivity index (χ4v) is 2.62. The Labute approximate surface area is 120 Å². The van der Waals surface area contributed by atoms with E-state index in [2.05, 4.69) is 38.1 Å². The average molecular weight is 328 g/mol. The van der Waals surface area contributed by atoms with Crippen molar-refractivity contribution in [2.75, 3.05) is 23.3 Å². The molecule has 0 saturated carbocycles. The predicted octanol–water partition coefficient (Wildman–Crippen LogP) is 1.52. The summed E-state index contributed by atoms with van der Waals surface area (Å²) in [6.07, 6.45) is 4.43. The van der Waals surface area contributed by atoms with Crippen molar-refractivity contribution in [3.8, 4) is 0 Å². The number of amides is 1. The van der Waals surface area contributed by atoms with E-state index >= 15 is 0 Å². The lowest BCUT2D eigenvalue weighted by Crippen LogP contribution is -2.41. The topological polar surface area (TPSA) is 84.1 Å². The average Bonchev–Trinajstić information content (AvgIpc) is 2.87. The zero-order valence-electron chi connectivity index (χ0n) is 10.9. The van der Waals surface area contributed by atoms with Crippen LogP contribution in [0.5, 0.6) is 0 Å². The molecule has 0 spiro atoms. The highest BCUT2D eigenvalue weighted by molar-refractivity contribution is 9.10. The van der Waals surface area contributed by atoms with Crippen molar-refractivity contribution < 1.29 is 4.79 Å². The number of hydrogen-bond donors (Lipinski definition) is 2. The zero-order chi connectivity index (χ0) is 13.8. The summed E-state index contributed by atoms with van der Waals surface area (Å²) in [5, 5.41) is 3.14. The van der Waals surface area contributed by atoms with Gasteiger partial charge < -0.3 is 16.0 Å². The number of carbonyl (C=O) groups excluding carboxylic acids is 1. The molecule has 1 aromatic heterocycles. The monoisotopic (exact) mass is 327 g/mol. The van der Waals surface area contributed by atoms with Crippen molar-refractivity contribution in [1.82, 2.24) is 9.97 Å². The van der Waals surface area contributed by atoms with E-state index in [0.717, 1.165) is 42.6 Å². The number of primary amides is 1. The second kappa shape index (κ2) is 6.18. The lowest BCUT2D eigenvalue weighted by molar-refractivity contribution is -0.119. The van der Waals surface area contributed by atoms with Gasteiger partial charge in [-0.3, -0.25) is 4.79 Å². The van der Waals surface area contributed by atoms with Gasteiger partial charge in [0.05, 0.1) is 4.47 Å². The molecule has 1 saturated heterocycles. The Morgan fingerprint density at radius 3 is 3.16 bits per heavy atom. The molecular formula is C12H18BrN5O. The third-order valence-corrected chi connectivity index (χ3v) is 3.67. The van der Waals surface area contributed by atoms with Gasteiger partial charge in [-0.2, -0.15) is 4.98 Å². The quantitative estimate of drug-likeness (QED) is 0.856. The van der Waals surface area contributed by atoms with Crippen LogP contribution in [0.4, 0.5) is 11.8 Å². The first-order valence-electron chi connectivity index (χ1n) is 6.46. The molecular weight excluding hydrogens is 310 g/mol. The number of nitrogens with two attached hydrogens (primary N) is 1. The van der Waals surface area contributed by atoms with E-state index < -0.39 is 0 Å². The van der Waals surface area contributed by atoms with Crippen LogP contribution in [0.25, 0.3) is 0 Å². The molecule has 0 aliphatic carbocycles. The van der Waals surface area contributed by atoms with Gasteiger partial charge in [0.25, 0.3) is 0 Å². The van der Waals surface area contributed by atoms with Gasteiger partial charge in [-0.05, 0) is 35.2 Å². The lowest BCUT2D eigenvalue weighted by atomic mass is 10.2. The smallest absolute Gasteiger partial charge is 0.240 e. The Morgan fingerprint density at radius 2 is 2.47 bits per heavy atom. The summed E-state index contributed by atoms with van der Waals surface area (Å²) in [6, 6.07) is -0.273. The molecule has 2 heterocycles. The number of halogens is 1. The minimum atomic E-state index is -0.300. The highest BCUT2D eigenvalue weighted by Crippen LogP contribution is 2.30. The van der Waals surface area contributed by atoms with Crippen LogP contribution in [0, 0.1) is 0 Å². The van der Waals surface area contributed by atoms with Gasteiger partial charge in [0.2, 0.25) is 11.9 Å². The fraction of sp³-hybridized carbons (Fsp3) is 0.583. The molecule has 1 aliphatic rings. The van der Waals surface area contributed by atoms with E-state index in [4.69, 9.17) is 5.73 Å². The molecule has 3 N–H and O–H groups in total. The standard InChI is InChI=1S/C12H18BrN5O/c1-2-5-15-12-16-7-8(13)11(17-12)18-6-3-4-9(18)10(14)19/h7,9H,2-6H2,1H3,(H2,14,19)(H,15,16,17). The normalized spacial score (nSPS) is 18.6. The van der Waals surface area contributed by atoms with Crippen molar-refractivity contribution >= 4 is 33.6 Å². The van der Waals surface area contributed by atoms with Crippen LogP contribution in [-0.4, -0.2) is 35.0 Å². The number of hydrogen-bond acceptors (Lipinski definition) is 5. The van der Waals surface area contributed by atoms with Crippen LogP contribution >= 0.6 is 15.9 Å². The van der Waals surface area contributed by atoms with Crippen molar-refractivity contribution in [2.24, 2.45) is 5.73 Å². The molecule has 1 atom stereocenters. The van der Waals surface area contributed by atoms with E-state index in [1.165, 1.54) is 0 Å². The summed E-state index contributed by atoms with van der Waals surface area (Å²) in [7, 11) is 0. The second-order valence-corrected chi connectivity index (χ2v) is 5.40. The molecule has 0 aromatic carbocycles. The van der Waals surface area contributed by atoms with Gasteiger partial charge in [0.1, 0.15) is 11.9 Å². The van der Waals surface area contributed by atoms with Gasteiger partial charge in [-0.15, -0.1) is 0 Å². The molecule has 0 bridgehead atoms. The summed E-state index contributed by atoms with van der Waals surface area (Å²) in [5.41, 5.74) is 5.44. The molecule has 2 rings (SSSR count). The summed E-state index contributed by atoms with van der Waals surface area (Å²) in [6.45, 7) is 3.69. The van der Waals surface area contributed by atoms with Crippen LogP contribution < -0.4 is 16.0 Å². The van der Waals surface area contributed by atoms with Crippen LogP contribution in [-0.2, 0) is 4.79 Å². The van der Waals surface area contributed by atoms with Gasteiger partial charge in [0, 0.05) is 19.3 Å². The van der Waals surface area contributed by atoms with E-state index in [9.17, 15) is 4.79 Å². The summed E-state index contributed by atoms with van der Waals surface area (Å²) >= 11 is 3.44. The number of anilines is 2.